The molecule has 2 amide bonds. The normalized spacial score (nSPS) is 10.7. The average molecular weight is 477 g/mol. The third-order valence-electron chi connectivity index (χ3n) is 4.26. The molecule has 0 atom stereocenters. The molecular weight excluding hydrogens is 456 g/mol. The molecule has 0 spiro atoms. The maximum absolute atomic E-state index is 12.3. The molecule has 0 bridgehead atoms. The first-order chi connectivity index (χ1) is 13.9. The van der Waals surface area contributed by atoms with Crippen LogP contribution in [0.3, 0.4) is 0 Å². The van der Waals surface area contributed by atoms with E-state index in [4.69, 9.17) is 4.52 Å². The molecule has 0 aliphatic carbocycles. The van der Waals surface area contributed by atoms with Gasteiger partial charge in [0.05, 0.1) is 11.4 Å². The lowest BCUT2D eigenvalue weighted by atomic mass is 10.2. The third kappa shape index (κ3) is 5.98. The highest BCUT2D eigenvalue weighted by molar-refractivity contribution is 9.10. The SMILES string of the molecule is Cc1cc(Br)ccc1NC(=O)CN(C)C(=O)CCCc1nc(-c2cccs2)no1. The lowest BCUT2D eigenvalue weighted by Crippen LogP contribution is -2.34. The second-order valence-electron chi connectivity index (χ2n) is 6.60. The number of nitrogens with one attached hydrogen (secondary N) is 1. The van der Waals surface area contributed by atoms with Crippen LogP contribution < -0.4 is 5.32 Å². The van der Waals surface area contributed by atoms with Crippen molar-refractivity contribution in [2.75, 3.05) is 18.9 Å². The van der Waals surface area contributed by atoms with Gasteiger partial charge in [-0.05, 0) is 48.6 Å². The number of benzene rings is 1. The quantitative estimate of drug-likeness (QED) is 0.523. The Hall–Kier alpha value is -2.52. The molecule has 0 unspecified atom stereocenters. The molecule has 2 heterocycles. The van der Waals surface area contributed by atoms with Gasteiger partial charge in [0.25, 0.3) is 0 Å². The molecule has 0 aliphatic rings. The highest BCUT2D eigenvalue weighted by atomic mass is 79.9. The molecule has 3 aromatic rings. The number of carbonyl (C=O) groups is 2. The summed E-state index contributed by atoms with van der Waals surface area (Å²) in [6.45, 7) is 1.91. The Kier molecular flexibility index (Phi) is 7.16. The van der Waals surface area contributed by atoms with Gasteiger partial charge in [0.2, 0.25) is 23.5 Å². The van der Waals surface area contributed by atoms with Crippen LogP contribution in [0, 0.1) is 6.92 Å². The monoisotopic (exact) mass is 476 g/mol. The summed E-state index contributed by atoms with van der Waals surface area (Å²) in [4.78, 5) is 31.2. The summed E-state index contributed by atoms with van der Waals surface area (Å²) in [6, 6.07) is 9.47. The number of nitrogens with zero attached hydrogens (tertiary/aromatic N) is 3. The molecule has 1 aromatic carbocycles. The van der Waals surface area contributed by atoms with Crippen molar-refractivity contribution in [3.63, 3.8) is 0 Å². The van der Waals surface area contributed by atoms with E-state index in [2.05, 4.69) is 31.4 Å². The zero-order chi connectivity index (χ0) is 20.8. The Bertz CT molecular complexity index is 988. The smallest absolute Gasteiger partial charge is 0.243 e. The third-order valence-corrected chi connectivity index (χ3v) is 5.62. The predicted molar refractivity (Wildman–Crippen MR) is 116 cm³/mol. The fraction of sp³-hybridized carbons (Fsp3) is 0.300. The summed E-state index contributed by atoms with van der Waals surface area (Å²) >= 11 is 4.94. The average Bonchev–Trinajstić information content (AvgIpc) is 3.35. The molecule has 0 aliphatic heterocycles. The van der Waals surface area contributed by atoms with Gasteiger partial charge in [-0.1, -0.05) is 27.2 Å². The van der Waals surface area contributed by atoms with E-state index >= 15 is 0 Å². The van der Waals surface area contributed by atoms with Crippen molar-refractivity contribution in [3.8, 4) is 10.7 Å². The van der Waals surface area contributed by atoms with E-state index in [0.717, 1.165) is 20.6 Å². The first-order valence-electron chi connectivity index (χ1n) is 9.09. The van der Waals surface area contributed by atoms with Gasteiger partial charge in [-0.15, -0.1) is 11.3 Å². The molecule has 0 saturated heterocycles. The number of amides is 2. The zero-order valence-electron chi connectivity index (χ0n) is 16.1. The molecule has 1 N–H and O–H groups in total. The molecule has 9 heteroatoms. The fourth-order valence-corrected chi connectivity index (χ4v) is 3.83. The van der Waals surface area contributed by atoms with Crippen molar-refractivity contribution in [2.45, 2.75) is 26.2 Å². The lowest BCUT2D eigenvalue weighted by Gasteiger charge is -2.17. The fourth-order valence-electron chi connectivity index (χ4n) is 2.70. The zero-order valence-corrected chi connectivity index (χ0v) is 18.5. The van der Waals surface area contributed by atoms with Crippen molar-refractivity contribution in [1.29, 1.82) is 0 Å². The van der Waals surface area contributed by atoms with Crippen molar-refractivity contribution < 1.29 is 14.1 Å². The van der Waals surface area contributed by atoms with Gasteiger partial charge in [-0.2, -0.15) is 4.98 Å². The molecule has 152 valence electrons. The van der Waals surface area contributed by atoms with Gasteiger partial charge >= 0.3 is 0 Å². The van der Waals surface area contributed by atoms with Gasteiger partial charge in [0, 0.05) is 30.0 Å². The Labute approximate surface area is 181 Å². The maximum atomic E-state index is 12.3. The van der Waals surface area contributed by atoms with Crippen LogP contribution >= 0.6 is 27.3 Å². The highest BCUT2D eigenvalue weighted by Crippen LogP contribution is 2.22. The van der Waals surface area contributed by atoms with Gasteiger partial charge in [0.15, 0.2) is 0 Å². The van der Waals surface area contributed by atoms with Gasteiger partial charge in [0.1, 0.15) is 0 Å². The Morgan fingerprint density at radius 1 is 1.31 bits per heavy atom. The maximum Gasteiger partial charge on any atom is 0.243 e. The topological polar surface area (TPSA) is 88.3 Å². The summed E-state index contributed by atoms with van der Waals surface area (Å²) in [6.07, 6.45) is 1.39. The summed E-state index contributed by atoms with van der Waals surface area (Å²) in [5.41, 5.74) is 1.68. The molecule has 2 aromatic heterocycles. The molecule has 0 radical (unpaired) electrons. The summed E-state index contributed by atoms with van der Waals surface area (Å²) < 4.78 is 6.18. The summed E-state index contributed by atoms with van der Waals surface area (Å²) in [5, 5.41) is 8.74. The van der Waals surface area contributed by atoms with Crippen LogP contribution in [0.1, 0.15) is 24.3 Å². The van der Waals surface area contributed by atoms with Crippen LogP contribution in [-0.2, 0) is 16.0 Å². The Morgan fingerprint density at radius 3 is 2.86 bits per heavy atom. The molecule has 7 nitrogen and oxygen atoms in total. The van der Waals surface area contributed by atoms with Gasteiger partial charge in [-0.3, -0.25) is 9.59 Å². The number of thiophene rings is 1. The van der Waals surface area contributed by atoms with Gasteiger partial charge < -0.3 is 14.7 Å². The molecule has 0 fully saturated rings. The van der Waals surface area contributed by atoms with Crippen molar-refractivity contribution >= 4 is 44.8 Å². The highest BCUT2D eigenvalue weighted by Gasteiger charge is 2.15. The number of aromatic nitrogens is 2. The first kappa shape index (κ1) is 21.2. The number of hydrogen-bond donors (Lipinski definition) is 1. The van der Waals surface area contributed by atoms with Crippen LogP contribution in [0.15, 0.2) is 44.7 Å². The van der Waals surface area contributed by atoms with E-state index in [-0.39, 0.29) is 18.4 Å². The predicted octanol–water partition coefficient (Wildman–Crippen LogP) is 4.29. The Morgan fingerprint density at radius 2 is 2.14 bits per heavy atom. The van der Waals surface area contributed by atoms with E-state index in [9.17, 15) is 9.59 Å². The summed E-state index contributed by atoms with van der Waals surface area (Å²) in [7, 11) is 1.62. The van der Waals surface area contributed by atoms with Crippen molar-refractivity contribution in [2.24, 2.45) is 0 Å². The minimum absolute atomic E-state index is 0.00256. The van der Waals surface area contributed by atoms with Crippen LogP contribution in [0.2, 0.25) is 0 Å². The van der Waals surface area contributed by atoms with E-state index in [1.165, 1.54) is 4.90 Å². The number of rotatable bonds is 8. The second kappa shape index (κ2) is 9.80. The van der Waals surface area contributed by atoms with Crippen LogP contribution in [0.25, 0.3) is 10.7 Å². The number of aryl methyl sites for hydroxylation is 2. The largest absolute Gasteiger partial charge is 0.339 e. The van der Waals surface area contributed by atoms with Crippen LogP contribution in [-0.4, -0.2) is 40.4 Å². The number of halogens is 1. The molecule has 3 rings (SSSR count). The van der Waals surface area contributed by atoms with Crippen molar-refractivity contribution in [1.82, 2.24) is 15.0 Å². The number of likely N-dealkylation sites (N-methyl/N-ethyl adjacent to an activating group) is 1. The molecule has 29 heavy (non-hydrogen) atoms. The van der Waals surface area contributed by atoms with Gasteiger partial charge in [-0.25, -0.2) is 0 Å². The number of hydrogen-bond acceptors (Lipinski definition) is 6. The van der Waals surface area contributed by atoms with E-state index in [0.29, 0.717) is 31.0 Å². The Balaban J connectivity index is 1.42. The standard InChI is InChI=1S/C20H21BrN4O3S/c1-13-11-14(21)8-9-15(13)22-17(26)12-25(2)19(27)7-3-6-18-23-20(24-28-18)16-5-4-10-29-16/h4-5,8-11H,3,6-7,12H2,1-2H3,(H,22,26). The summed E-state index contributed by atoms with van der Waals surface area (Å²) in [5.74, 6) is 0.736. The second-order valence-corrected chi connectivity index (χ2v) is 8.46. The van der Waals surface area contributed by atoms with E-state index in [1.807, 2.05) is 42.6 Å². The molecule has 0 saturated carbocycles. The van der Waals surface area contributed by atoms with Crippen LogP contribution in [0.5, 0.6) is 0 Å². The van der Waals surface area contributed by atoms with Crippen LogP contribution in [0.4, 0.5) is 5.69 Å². The van der Waals surface area contributed by atoms with E-state index < -0.39 is 0 Å². The number of anilines is 1. The first-order valence-corrected chi connectivity index (χ1v) is 10.8. The minimum Gasteiger partial charge on any atom is -0.339 e. The lowest BCUT2D eigenvalue weighted by molar-refractivity contribution is -0.133. The molecular formula is C20H21BrN4O3S. The van der Waals surface area contributed by atoms with Crippen molar-refractivity contribution in [3.05, 3.63) is 51.6 Å². The van der Waals surface area contributed by atoms with E-state index in [1.54, 1.807) is 18.4 Å². The number of carbonyl (C=O) groups excluding carboxylic acids is 2. The minimum atomic E-state index is -0.233.